The fourth-order valence-electron chi connectivity index (χ4n) is 3.17. The Kier molecular flexibility index (Phi) is 9.66. The Hall–Kier alpha value is -2.88. The molecule has 8 nitrogen and oxygen atoms in total. The van der Waals surface area contributed by atoms with Crippen LogP contribution in [-0.2, 0) is 31.4 Å². The van der Waals surface area contributed by atoms with Crippen LogP contribution in [0.2, 0.25) is 0 Å². The molecule has 0 saturated carbocycles. The van der Waals surface area contributed by atoms with Crippen molar-refractivity contribution in [1.82, 2.24) is 5.32 Å². The van der Waals surface area contributed by atoms with Crippen molar-refractivity contribution in [3.8, 4) is 11.5 Å². The highest BCUT2D eigenvalue weighted by molar-refractivity contribution is 7.89. The minimum absolute atomic E-state index is 0.0304. The van der Waals surface area contributed by atoms with E-state index >= 15 is 0 Å². The van der Waals surface area contributed by atoms with E-state index in [-0.39, 0.29) is 28.6 Å². The summed E-state index contributed by atoms with van der Waals surface area (Å²) in [5, 5.41) is 8.14. The molecule has 9 heteroatoms. The molecule has 0 saturated heterocycles. The van der Waals surface area contributed by atoms with E-state index < -0.39 is 10.0 Å². The second-order valence-corrected chi connectivity index (χ2v) is 10.3. The van der Waals surface area contributed by atoms with Gasteiger partial charge in [-0.15, -0.1) is 0 Å². The third-order valence-corrected chi connectivity index (χ3v) is 6.01. The Morgan fingerprint density at radius 2 is 1.76 bits per heavy atom. The third kappa shape index (κ3) is 8.16. The number of nitrogens with one attached hydrogen (secondary N) is 1. The van der Waals surface area contributed by atoms with Gasteiger partial charge in [-0.3, -0.25) is 4.79 Å². The number of carbonyl (C=O) groups is 1. The van der Waals surface area contributed by atoms with Crippen LogP contribution in [0.1, 0.15) is 37.5 Å². The number of hydrogen-bond donors (Lipinski definition) is 2. The van der Waals surface area contributed by atoms with Gasteiger partial charge < -0.3 is 19.5 Å². The van der Waals surface area contributed by atoms with Gasteiger partial charge in [-0.05, 0) is 53.3 Å². The van der Waals surface area contributed by atoms with Gasteiger partial charge in [-0.25, -0.2) is 13.6 Å². The zero-order chi connectivity index (χ0) is 25.4. The molecule has 0 aliphatic heterocycles. The van der Waals surface area contributed by atoms with Crippen molar-refractivity contribution in [2.75, 3.05) is 34.0 Å². The number of benzene rings is 2. The molecule has 2 aromatic carbocycles. The SMILES string of the molecule is COCCOc1ccc(CCNC(=O)C=Cc2cc(C(C)(C)C)ccc2OC)cc1S(N)(=O)=O. The molecule has 3 N–H and O–H groups in total. The van der Waals surface area contributed by atoms with E-state index in [2.05, 4.69) is 26.1 Å². The van der Waals surface area contributed by atoms with Gasteiger partial charge in [0.15, 0.2) is 0 Å². The molecule has 0 aliphatic carbocycles. The van der Waals surface area contributed by atoms with Crippen LogP contribution in [-0.4, -0.2) is 48.3 Å². The Labute approximate surface area is 202 Å². The lowest BCUT2D eigenvalue weighted by Crippen LogP contribution is -2.23. The molecule has 1 amide bonds. The number of carbonyl (C=O) groups excluding carboxylic acids is 1. The average Bonchev–Trinajstić information content (AvgIpc) is 2.77. The molecule has 0 radical (unpaired) electrons. The van der Waals surface area contributed by atoms with E-state index in [1.165, 1.54) is 19.3 Å². The third-order valence-electron chi connectivity index (χ3n) is 5.08. The predicted molar refractivity (Wildman–Crippen MR) is 133 cm³/mol. The van der Waals surface area contributed by atoms with Crippen molar-refractivity contribution in [2.45, 2.75) is 37.5 Å². The van der Waals surface area contributed by atoms with Crippen molar-refractivity contribution in [1.29, 1.82) is 0 Å². The lowest BCUT2D eigenvalue weighted by atomic mass is 9.86. The Balaban J connectivity index is 2.03. The highest BCUT2D eigenvalue weighted by atomic mass is 32.2. The summed E-state index contributed by atoms with van der Waals surface area (Å²) in [6.45, 7) is 7.19. The summed E-state index contributed by atoms with van der Waals surface area (Å²) < 4.78 is 39.7. The van der Waals surface area contributed by atoms with E-state index in [9.17, 15) is 13.2 Å². The monoisotopic (exact) mass is 490 g/mol. The zero-order valence-electron chi connectivity index (χ0n) is 20.4. The summed E-state index contributed by atoms with van der Waals surface area (Å²) >= 11 is 0. The standard InChI is InChI=1S/C25H34N2O6S/c1-25(2,3)20-8-10-21(32-5)19(17-20)7-11-24(28)27-13-12-18-6-9-22(33-15-14-31-4)23(16-18)34(26,29)30/h6-11,16-17H,12-15H2,1-5H3,(H,27,28)(H2,26,29,30). The van der Waals surface area contributed by atoms with Crippen LogP contribution in [0, 0.1) is 0 Å². The topological polar surface area (TPSA) is 117 Å². The number of rotatable bonds is 11. The maximum absolute atomic E-state index is 12.3. The average molecular weight is 491 g/mol. The van der Waals surface area contributed by atoms with Crippen molar-refractivity contribution in [3.05, 3.63) is 59.2 Å². The lowest BCUT2D eigenvalue weighted by molar-refractivity contribution is -0.116. The van der Waals surface area contributed by atoms with E-state index in [0.717, 1.165) is 11.1 Å². The van der Waals surface area contributed by atoms with E-state index in [1.807, 2.05) is 18.2 Å². The molecular weight excluding hydrogens is 456 g/mol. The van der Waals surface area contributed by atoms with Crippen molar-refractivity contribution < 1.29 is 27.4 Å². The van der Waals surface area contributed by atoms with E-state index in [1.54, 1.807) is 25.3 Å². The van der Waals surface area contributed by atoms with Crippen molar-refractivity contribution >= 4 is 22.0 Å². The van der Waals surface area contributed by atoms with Crippen LogP contribution in [0.3, 0.4) is 0 Å². The van der Waals surface area contributed by atoms with Crippen LogP contribution in [0.5, 0.6) is 11.5 Å². The highest BCUT2D eigenvalue weighted by Gasteiger charge is 2.17. The molecule has 0 atom stereocenters. The summed E-state index contributed by atoms with van der Waals surface area (Å²) in [7, 11) is -0.856. The van der Waals surface area contributed by atoms with Gasteiger partial charge in [0.2, 0.25) is 15.9 Å². The fraction of sp³-hybridized carbons (Fsp3) is 0.400. The summed E-state index contributed by atoms with van der Waals surface area (Å²) in [5.41, 5.74) is 2.62. The molecule has 0 bridgehead atoms. The number of nitrogens with two attached hydrogens (primary N) is 1. The quantitative estimate of drug-likeness (QED) is 0.369. The Morgan fingerprint density at radius 1 is 1.06 bits per heavy atom. The molecule has 0 heterocycles. The molecule has 0 aromatic heterocycles. The summed E-state index contributed by atoms with van der Waals surface area (Å²) in [5.74, 6) is 0.580. The smallest absolute Gasteiger partial charge is 0.244 e. The summed E-state index contributed by atoms with van der Waals surface area (Å²) in [6, 6.07) is 10.7. The van der Waals surface area contributed by atoms with Crippen molar-refractivity contribution in [3.63, 3.8) is 0 Å². The number of sulfonamides is 1. The van der Waals surface area contributed by atoms with Crippen LogP contribution in [0.15, 0.2) is 47.4 Å². The number of methoxy groups -OCH3 is 2. The Morgan fingerprint density at radius 3 is 2.38 bits per heavy atom. The molecular formula is C25H34N2O6S. The first-order valence-corrected chi connectivity index (χ1v) is 12.4. The van der Waals surface area contributed by atoms with Gasteiger partial charge in [-0.1, -0.05) is 32.9 Å². The number of primary sulfonamides is 1. The molecule has 0 aliphatic rings. The Bertz CT molecular complexity index is 1120. The van der Waals surface area contributed by atoms with E-state index in [4.69, 9.17) is 19.3 Å². The largest absolute Gasteiger partial charge is 0.496 e. The zero-order valence-corrected chi connectivity index (χ0v) is 21.2. The summed E-state index contributed by atoms with van der Waals surface area (Å²) in [4.78, 5) is 12.2. The molecule has 0 unspecified atom stereocenters. The first-order valence-electron chi connectivity index (χ1n) is 10.9. The van der Waals surface area contributed by atoms with Gasteiger partial charge in [0, 0.05) is 25.3 Å². The lowest BCUT2D eigenvalue weighted by Gasteiger charge is -2.20. The van der Waals surface area contributed by atoms with Gasteiger partial charge in [0.05, 0.1) is 13.7 Å². The van der Waals surface area contributed by atoms with Crippen LogP contribution in [0.4, 0.5) is 0 Å². The van der Waals surface area contributed by atoms with Gasteiger partial charge in [-0.2, -0.15) is 0 Å². The van der Waals surface area contributed by atoms with Crippen LogP contribution < -0.4 is 19.9 Å². The first-order chi connectivity index (χ1) is 16.0. The number of ether oxygens (including phenoxy) is 3. The molecule has 186 valence electrons. The minimum Gasteiger partial charge on any atom is -0.496 e. The molecule has 2 aromatic rings. The predicted octanol–water partition coefficient (Wildman–Crippen LogP) is 3.04. The molecule has 0 fully saturated rings. The van der Waals surface area contributed by atoms with E-state index in [0.29, 0.717) is 30.9 Å². The van der Waals surface area contributed by atoms with Gasteiger partial charge in [0.25, 0.3) is 0 Å². The second-order valence-electron chi connectivity index (χ2n) is 8.75. The van der Waals surface area contributed by atoms with Crippen LogP contribution in [0.25, 0.3) is 6.08 Å². The molecule has 2 rings (SSSR count). The normalized spacial score (nSPS) is 12.1. The second kappa shape index (κ2) is 12.0. The first kappa shape index (κ1) is 27.4. The van der Waals surface area contributed by atoms with Crippen LogP contribution >= 0.6 is 0 Å². The van der Waals surface area contributed by atoms with Crippen molar-refractivity contribution in [2.24, 2.45) is 5.14 Å². The maximum atomic E-state index is 12.3. The highest BCUT2D eigenvalue weighted by Crippen LogP contribution is 2.29. The summed E-state index contributed by atoms with van der Waals surface area (Å²) in [6.07, 6.45) is 3.59. The maximum Gasteiger partial charge on any atom is 0.244 e. The number of hydrogen-bond acceptors (Lipinski definition) is 6. The molecule has 0 spiro atoms. The number of amides is 1. The fourth-order valence-corrected chi connectivity index (χ4v) is 3.89. The minimum atomic E-state index is -3.97. The van der Waals surface area contributed by atoms with Gasteiger partial charge in [0.1, 0.15) is 23.0 Å². The van der Waals surface area contributed by atoms with Gasteiger partial charge >= 0.3 is 0 Å². The molecule has 34 heavy (non-hydrogen) atoms.